The van der Waals surface area contributed by atoms with E-state index in [2.05, 4.69) is 49.5 Å². The Bertz CT molecular complexity index is 507. The maximum Gasteiger partial charge on any atom is 0.0931 e. The molecule has 0 aliphatic rings. The third kappa shape index (κ3) is 3.84. The van der Waals surface area contributed by atoms with Crippen LogP contribution in [-0.4, -0.2) is 6.04 Å². The number of halogens is 1. The molecule has 0 saturated carbocycles. The Morgan fingerprint density at radius 2 is 2.00 bits per heavy atom. The van der Waals surface area contributed by atoms with Gasteiger partial charge in [-0.1, -0.05) is 35.9 Å². The van der Waals surface area contributed by atoms with Gasteiger partial charge in [0.05, 0.1) is 4.34 Å². The molecular weight excluding hydrogens is 262 g/mol. The zero-order valence-electron chi connectivity index (χ0n) is 10.7. The molecule has 2 aromatic rings. The van der Waals surface area contributed by atoms with Crippen molar-refractivity contribution in [3.63, 3.8) is 0 Å². The smallest absolute Gasteiger partial charge is 0.0931 e. The van der Waals surface area contributed by atoms with Gasteiger partial charge in [-0.2, -0.15) is 0 Å². The normalized spacial score (nSPS) is 12.6. The van der Waals surface area contributed by atoms with Gasteiger partial charge in [0.25, 0.3) is 0 Å². The summed E-state index contributed by atoms with van der Waals surface area (Å²) < 4.78 is 0.860. The predicted molar refractivity (Wildman–Crippen MR) is 80.5 cm³/mol. The molecule has 0 aliphatic heterocycles. The van der Waals surface area contributed by atoms with E-state index in [1.807, 2.05) is 6.07 Å². The van der Waals surface area contributed by atoms with Gasteiger partial charge in [0.1, 0.15) is 0 Å². The first-order valence-corrected chi connectivity index (χ1v) is 7.36. The van der Waals surface area contributed by atoms with E-state index >= 15 is 0 Å². The summed E-state index contributed by atoms with van der Waals surface area (Å²) in [5, 5.41) is 3.54. The lowest BCUT2D eigenvalue weighted by Crippen LogP contribution is -2.27. The van der Waals surface area contributed by atoms with Gasteiger partial charge in [-0.3, -0.25) is 0 Å². The standard InChI is InChI=1S/C15H18ClNS/c1-11-5-3-4-6-13(11)9-12(2)17-10-14-7-8-15(16)18-14/h3-8,12,17H,9-10H2,1-2H3. The van der Waals surface area contributed by atoms with E-state index in [-0.39, 0.29) is 0 Å². The topological polar surface area (TPSA) is 12.0 Å². The molecule has 2 rings (SSSR count). The molecule has 0 fully saturated rings. The molecule has 1 unspecified atom stereocenters. The van der Waals surface area contributed by atoms with Crippen molar-refractivity contribution in [1.29, 1.82) is 0 Å². The van der Waals surface area contributed by atoms with E-state index in [0.717, 1.165) is 17.3 Å². The number of rotatable bonds is 5. The Hall–Kier alpha value is -0.830. The number of hydrogen-bond acceptors (Lipinski definition) is 2. The molecule has 0 amide bonds. The number of thiophene rings is 1. The molecule has 3 heteroatoms. The fraction of sp³-hybridized carbons (Fsp3) is 0.333. The first-order valence-electron chi connectivity index (χ1n) is 6.17. The minimum Gasteiger partial charge on any atom is -0.309 e. The molecule has 18 heavy (non-hydrogen) atoms. The van der Waals surface area contributed by atoms with Gasteiger partial charge < -0.3 is 5.32 Å². The van der Waals surface area contributed by atoms with Crippen molar-refractivity contribution in [2.75, 3.05) is 0 Å². The highest BCUT2D eigenvalue weighted by molar-refractivity contribution is 7.16. The Morgan fingerprint density at radius 3 is 2.67 bits per heavy atom. The fourth-order valence-corrected chi connectivity index (χ4v) is 3.00. The van der Waals surface area contributed by atoms with Crippen molar-refractivity contribution in [3.8, 4) is 0 Å². The SMILES string of the molecule is Cc1ccccc1CC(C)NCc1ccc(Cl)s1. The highest BCUT2D eigenvalue weighted by atomic mass is 35.5. The average Bonchev–Trinajstić information content (AvgIpc) is 2.76. The van der Waals surface area contributed by atoms with Gasteiger partial charge in [0.2, 0.25) is 0 Å². The molecule has 1 heterocycles. The van der Waals surface area contributed by atoms with Gasteiger partial charge in [0.15, 0.2) is 0 Å². The second kappa shape index (κ2) is 6.37. The number of aryl methyl sites for hydroxylation is 1. The zero-order chi connectivity index (χ0) is 13.0. The summed E-state index contributed by atoms with van der Waals surface area (Å²) in [7, 11) is 0. The van der Waals surface area contributed by atoms with Gasteiger partial charge >= 0.3 is 0 Å². The minimum atomic E-state index is 0.465. The van der Waals surface area contributed by atoms with E-state index in [9.17, 15) is 0 Å². The predicted octanol–water partition coefficient (Wildman–Crippen LogP) is 4.43. The Kier molecular flexibility index (Phi) is 4.81. The summed E-state index contributed by atoms with van der Waals surface area (Å²) in [6.45, 7) is 5.28. The summed E-state index contributed by atoms with van der Waals surface area (Å²) in [4.78, 5) is 1.29. The van der Waals surface area contributed by atoms with Crippen molar-refractivity contribution in [1.82, 2.24) is 5.32 Å². The van der Waals surface area contributed by atoms with Crippen LogP contribution >= 0.6 is 22.9 Å². The minimum absolute atomic E-state index is 0.465. The molecule has 1 nitrogen and oxygen atoms in total. The van der Waals surface area contributed by atoms with Crippen molar-refractivity contribution in [3.05, 3.63) is 56.7 Å². The highest BCUT2D eigenvalue weighted by Crippen LogP contribution is 2.21. The van der Waals surface area contributed by atoms with Gasteiger partial charge in [-0.15, -0.1) is 11.3 Å². The first-order chi connectivity index (χ1) is 8.65. The average molecular weight is 280 g/mol. The van der Waals surface area contributed by atoms with E-state index in [0.29, 0.717) is 6.04 Å². The lowest BCUT2D eigenvalue weighted by Gasteiger charge is -2.14. The number of hydrogen-bond donors (Lipinski definition) is 1. The third-order valence-corrected chi connectivity index (χ3v) is 4.27. The van der Waals surface area contributed by atoms with Crippen LogP contribution in [0.2, 0.25) is 4.34 Å². The maximum absolute atomic E-state index is 5.92. The van der Waals surface area contributed by atoms with Crippen LogP contribution in [0.1, 0.15) is 22.9 Å². The second-order valence-corrected chi connectivity index (χ2v) is 6.42. The van der Waals surface area contributed by atoms with E-state index in [1.54, 1.807) is 11.3 Å². The van der Waals surface area contributed by atoms with Crippen LogP contribution in [0.5, 0.6) is 0 Å². The van der Waals surface area contributed by atoms with Crippen LogP contribution in [0.25, 0.3) is 0 Å². The Labute approximate surface area is 118 Å². The largest absolute Gasteiger partial charge is 0.309 e. The molecule has 0 aliphatic carbocycles. The van der Waals surface area contributed by atoms with E-state index < -0.39 is 0 Å². The number of nitrogens with one attached hydrogen (secondary N) is 1. The van der Waals surface area contributed by atoms with Crippen LogP contribution in [-0.2, 0) is 13.0 Å². The van der Waals surface area contributed by atoms with E-state index in [1.165, 1.54) is 16.0 Å². The lowest BCUT2D eigenvalue weighted by molar-refractivity contribution is 0.548. The van der Waals surface area contributed by atoms with Crippen molar-refractivity contribution >= 4 is 22.9 Å². The van der Waals surface area contributed by atoms with Gasteiger partial charge in [-0.25, -0.2) is 0 Å². The fourth-order valence-electron chi connectivity index (χ4n) is 1.96. The van der Waals surface area contributed by atoms with Crippen molar-refractivity contribution in [2.45, 2.75) is 32.9 Å². The Balaban J connectivity index is 1.85. The van der Waals surface area contributed by atoms with Crippen LogP contribution in [0.15, 0.2) is 36.4 Å². The zero-order valence-corrected chi connectivity index (χ0v) is 12.3. The molecule has 1 N–H and O–H groups in total. The summed E-state index contributed by atoms with van der Waals surface area (Å²) in [5.41, 5.74) is 2.78. The quantitative estimate of drug-likeness (QED) is 0.854. The molecule has 0 radical (unpaired) electrons. The molecule has 0 spiro atoms. The maximum atomic E-state index is 5.92. The second-order valence-electron chi connectivity index (χ2n) is 4.62. The molecular formula is C15H18ClNS. The van der Waals surface area contributed by atoms with Crippen LogP contribution in [0.4, 0.5) is 0 Å². The molecule has 0 saturated heterocycles. The van der Waals surface area contributed by atoms with Gasteiger partial charge in [-0.05, 0) is 43.5 Å². The summed E-state index contributed by atoms with van der Waals surface area (Å²) in [6, 6.07) is 13.1. The Morgan fingerprint density at radius 1 is 1.22 bits per heavy atom. The van der Waals surface area contributed by atoms with Crippen LogP contribution in [0.3, 0.4) is 0 Å². The monoisotopic (exact) mass is 279 g/mol. The van der Waals surface area contributed by atoms with Crippen LogP contribution in [0, 0.1) is 6.92 Å². The molecule has 0 bridgehead atoms. The summed E-state index contributed by atoms with van der Waals surface area (Å²) in [5.74, 6) is 0. The van der Waals surface area contributed by atoms with Gasteiger partial charge in [0, 0.05) is 17.5 Å². The van der Waals surface area contributed by atoms with Crippen molar-refractivity contribution < 1.29 is 0 Å². The van der Waals surface area contributed by atoms with Crippen molar-refractivity contribution in [2.24, 2.45) is 0 Å². The molecule has 1 aromatic carbocycles. The summed E-state index contributed by atoms with van der Waals surface area (Å²) in [6.07, 6.45) is 1.06. The molecule has 1 aromatic heterocycles. The van der Waals surface area contributed by atoms with E-state index in [4.69, 9.17) is 11.6 Å². The highest BCUT2D eigenvalue weighted by Gasteiger charge is 2.06. The third-order valence-electron chi connectivity index (χ3n) is 3.04. The number of benzene rings is 1. The molecule has 96 valence electrons. The first kappa shape index (κ1) is 13.6. The molecule has 1 atom stereocenters. The summed E-state index contributed by atoms with van der Waals surface area (Å²) >= 11 is 7.56. The lowest BCUT2D eigenvalue weighted by atomic mass is 10.0. The van der Waals surface area contributed by atoms with Crippen LogP contribution < -0.4 is 5.32 Å².